The second kappa shape index (κ2) is 13.9. The number of nitrogens with zero attached hydrogens (tertiary/aromatic N) is 2. The Morgan fingerprint density at radius 2 is 1.65 bits per heavy atom. The molecule has 0 aliphatic carbocycles. The first kappa shape index (κ1) is 29.7. The van der Waals surface area contributed by atoms with Crippen LogP contribution in [0, 0.1) is 0 Å². The number of carbonyl (C=O) groups is 3. The molecule has 1 heterocycles. The van der Waals surface area contributed by atoms with Crippen molar-refractivity contribution in [3.8, 4) is 5.75 Å². The van der Waals surface area contributed by atoms with E-state index in [1.165, 1.54) is 9.80 Å². The number of rotatable bonds is 10. The zero-order valence-electron chi connectivity index (χ0n) is 21.6. The molecule has 1 aliphatic heterocycles. The summed E-state index contributed by atoms with van der Waals surface area (Å²) in [7, 11) is 0. The Morgan fingerprint density at radius 3 is 2.30 bits per heavy atom. The molecule has 8 nitrogen and oxygen atoms in total. The predicted molar refractivity (Wildman–Crippen MR) is 153 cm³/mol. The third-order valence-corrected chi connectivity index (χ3v) is 6.88. The lowest BCUT2D eigenvalue weighted by Crippen LogP contribution is -2.56. The normalized spacial score (nSPS) is 16.9. The van der Waals surface area contributed by atoms with E-state index < -0.39 is 24.0 Å². The summed E-state index contributed by atoms with van der Waals surface area (Å²) in [6.07, 6.45) is -1.15. The molecule has 1 fully saturated rings. The van der Waals surface area contributed by atoms with E-state index in [-0.39, 0.29) is 38.8 Å². The van der Waals surface area contributed by atoms with Crippen molar-refractivity contribution in [2.75, 3.05) is 37.8 Å². The van der Waals surface area contributed by atoms with Crippen molar-refractivity contribution >= 4 is 58.3 Å². The quantitative estimate of drug-likeness (QED) is 0.280. The zero-order valence-corrected chi connectivity index (χ0v) is 23.9. The number of benzene rings is 3. The number of hydrogen-bond donors (Lipinski definition) is 0. The van der Waals surface area contributed by atoms with Crippen LogP contribution in [0.2, 0.25) is 15.1 Å². The number of amides is 2. The molecule has 0 unspecified atom stereocenters. The average Bonchev–Trinajstić information content (AvgIpc) is 2.93. The van der Waals surface area contributed by atoms with E-state index in [1.54, 1.807) is 79.7 Å². The summed E-state index contributed by atoms with van der Waals surface area (Å²) < 4.78 is 16.8. The van der Waals surface area contributed by atoms with Gasteiger partial charge in [-0.25, -0.2) is 0 Å². The van der Waals surface area contributed by atoms with Gasteiger partial charge in [0.2, 0.25) is 0 Å². The van der Waals surface area contributed by atoms with Gasteiger partial charge in [0.05, 0.1) is 19.2 Å². The number of anilines is 1. The molecule has 40 heavy (non-hydrogen) atoms. The molecular weight excluding hydrogens is 579 g/mol. The van der Waals surface area contributed by atoms with Crippen molar-refractivity contribution in [3.05, 3.63) is 93.4 Å². The van der Waals surface area contributed by atoms with Gasteiger partial charge >= 0.3 is 5.97 Å². The molecule has 3 aromatic carbocycles. The Labute approximate surface area is 247 Å². The van der Waals surface area contributed by atoms with Gasteiger partial charge in [0.25, 0.3) is 11.8 Å². The lowest BCUT2D eigenvalue weighted by Gasteiger charge is -2.42. The van der Waals surface area contributed by atoms with Gasteiger partial charge in [0, 0.05) is 20.8 Å². The van der Waals surface area contributed by atoms with E-state index in [4.69, 9.17) is 49.0 Å². The Kier molecular flexibility index (Phi) is 10.3. The molecule has 11 heteroatoms. The van der Waals surface area contributed by atoms with Crippen molar-refractivity contribution in [2.45, 2.75) is 19.1 Å². The number of carbonyl (C=O) groups excluding carboxylic acids is 3. The smallest absolute Gasteiger partial charge is 0.325 e. The highest BCUT2D eigenvalue weighted by Gasteiger charge is 2.44. The fraction of sp³-hybridized carbons (Fsp3) is 0.276. The fourth-order valence-electron chi connectivity index (χ4n) is 4.35. The molecule has 0 radical (unpaired) electrons. The molecule has 0 bridgehead atoms. The van der Waals surface area contributed by atoms with E-state index in [0.717, 1.165) is 0 Å². The van der Waals surface area contributed by atoms with Crippen LogP contribution in [0.5, 0.6) is 5.75 Å². The molecule has 0 saturated carbocycles. The Bertz CT molecular complexity index is 1340. The second-order valence-electron chi connectivity index (χ2n) is 8.84. The van der Waals surface area contributed by atoms with Crippen molar-refractivity contribution in [1.29, 1.82) is 0 Å². The Balaban J connectivity index is 1.65. The lowest BCUT2D eigenvalue weighted by molar-refractivity contribution is -0.158. The van der Waals surface area contributed by atoms with E-state index in [0.29, 0.717) is 32.1 Å². The van der Waals surface area contributed by atoms with Gasteiger partial charge in [-0.15, -0.1) is 0 Å². The minimum absolute atomic E-state index is 0.0542. The third kappa shape index (κ3) is 7.46. The van der Waals surface area contributed by atoms with E-state index in [9.17, 15) is 14.4 Å². The second-order valence-corrected chi connectivity index (χ2v) is 10.1. The van der Waals surface area contributed by atoms with Gasteiger partial charge in [0.1, 0.15) is 25.5 Å². The summed E-state index contributed by atoms with van der Waals surface area (Å²) >= 11 is 18.3. The minimum atomic E-state index is -1.15. The first-order chi connectivity index (χ1) is 19.3. The molecule has 4 rings (SSSR count). The van der Waals surface area contributed by atoms with Crippen molar-refractivity contribution < 1.29 is 28.6 Å². The van der Waals surface area contributed by atoms with Gasteiger partial charge in [-0.2, -0.15) is 0 Å². The zero-order chi connectivity index (χ0) is 28.6. The molecular formula is C29H27Cl3N2O6. The van der Waals surface area contributed by atoms with Gasteiger partial charge < -0.3 is 19.1 Å². The fourth-order valence-corrected chi connectivity index (χ4v) is 4.78. The van der Waals surface area contributed by atoms with Crippen LogP contribution in [0.15, 0.2) is 72.8 Å². The first-order valence-corrected chi connectivity index (χ1v) is 13.7. The van der Waals surface area contributed by atoms with Crippen molar-refractivity contribution in [3.63, 3.8) is 0 Å². The van der Waals surface area contributed by atoms with Crippen LogP contribution in [0.3, 0.4) is 0 Å². The average molecular weight is 606 g/mol. The van der Waals surface area contributed by atoms with Crippen LogP contribution in [0.1, 0.15) is 18.5 Å². The largest absolute Gasteiger partial charge is 0.492 e. The minimum Gasteiger partial charge on any atom is -0.492 e. The maximum Gasteiger partial charge on any atom is 0.325 e. The summed E-state index contributed by atoms with van der Waals surface area (Å²) in [5.74, 6) is -0.885. The van der Waals surface area contributed by atoms with E-state index in [1.807, 2.05) is 0 Å². The van der Waals surface area contributed by atoms with Gasteiger partial charge in [0.15, 0.2) is 6.10 Å². The monoisotopic (exact) mass is 604 g/mol. The molecule has 210 valence electrons. The van der Waals surface area contributed by atoms with Crippen molar-refractivity contribution in [2.24, 2.45) is 0 Å². The number of hydrogen-bond acceptors (Lipinski definition) is 6. The van der Waals surface area contributed by atoms with Gasteiger partial charge in [-0.3, -0.25) is 19.3 Å². The SMILES string of the molecule is CCOC(=O)CN(CCOc1ccc(Cl)cc1)C(=O)[C@@H]1OCC(=O)N(c2cccc(Cl)c2)[C@@H]1c1ccc(Cl)cc1. The summed E-state index contributed by atoms with van der Waals surface area (Å²) in [5, 5.41) is 1.48. The number of esters is 1. The van der Waals surface area contributed by atoms with Crippen LogP contribution in [-0.4, -0.2) is 61.7 Å². The molecule has 1 saturated heterocycles. The number of morpholine rings is 1. The summed E-state index contributed by atoms with van der Waals surface area (Å²) in [4.78, 5) is 42.5. The van der Waals surface area contributed by atoms with Crippen LogP contribution in [0.4, 0.5) is 5.69 Å². The molecule has 2 amide bonds. The molecule has 0 aromatic heterocycles. The standard InChI is InChI=1S/C29H27Cl3N2O6/c1-2-38-26(36)17-33(14-15-39-24-12-10-21(31)11-13-24)29(37)28-27(19-6-8-20(30)9-7-19)34(25(35)18-40-28)23-5-3-4-22(32)16-23/h3-13,16,27-28H,2,14-15,17-18H2,1H3/t27-,28-/m1/s1. The maximum absolute atomic E-state index is 14.1. The third-order valence-electron chi connectivity index (χ3n) is 6.14. The highest BCUT2D eigenvalue weighted by molar-refractivity contribution is 6.31. The van der Waals surface area contributed by atoms with Crippen LogP contribution >= 0.6 is 34.8 Å². The summed E-state index contributed by atoms with van der Waals surface area (Å²) in [5.41, 5.74) is 1.12. The van der Waals surface area contributed by atoms with Crippen LogP contribution < -0.4 is 9.64 Å². The van der Waals surface area contributed by atoms with Crippen LogP contribution in [-0.2, 0) is 23.9 Å². The lowest BCUT2D eigenvalue weighted by atomic mass is 9.95. The molecule has 0 spiro atoms. The van der Waals surface area contributed by atoms with Gasteiger partial charge in [-0.1, -0.05) is 53.0 Å². The van der Waals surface area contributed by atoms with E-state index >= 15 is 0 Å². The molecule has 0 N–H and O–H groups in total. The number of halogens is 3. The highest BCUT2D eigenvalue weighted by atomic mass is 35.5. The number of ether oxygens (including phenoxy) is 3. The van der Waals surface area contributed by atoms with Crippen molar-refractivity contribution in [1.82, 2.24) is 4.90 Å². The summed E-state index contributed by atoms with van der Waals surface area (Å²) in [6, 6.07) is 19.5. The Hall–Kier alpha value is -3.30. The predicted octanol–water partition coefficient (Wildman–Crippen LogP) is 5.59. The highest BCUT2D eigenvalue weighted by Crippen LogP contribution is 2.36. The van der Waals surface area contributed by atoms with E-state index in [2.05, 4.69) is 0 Å². The van der Waals surface area contributed by atoms with Gasteiger partial charge in [-0.05, 0) is 67.1 Å². The first-order valence-electron chi connectivity index (χ1n) is 12.5. The molecule has 3 aromatic rings. The summed E-state index contributed by atoms with van der Waals surface area (Å²) in [6.45, 7) is 1.31. The molecule has 1 aliphatic rings. The molecule has 2 atom stereocenters. The van der Waals surface area contributed by atoms with Crippen LogP contribution in [0.25, 0.3) is 0 Å². The topological polar surface area (TPSA) is 85.4 Å². The Morgan fingerprint density at radius 1 is 0.975 bits per heavy atom. The maximum atomic E-state index is 14.1.